The molecule has 0 aliphatic carbocycles. The Hall–Kier alpha value is -3.70. The first kappa shape index (κ1) is 58.3. The van der Waals surface area contributed by atoms with Crippen molar-refractivity contribution in [3.8, 4) is 0 Å². The lowest BCUT2D eigenvalue weighted by Crippen LogP contribution is -2.47. The van der Waals surface area contributed by atoms with E-state index in [1.165, 1.54) is 83.5 Å². The summed E-state index contributed by atoms with van der Waals surface area (Å²) in [4.78, 5) is 69.8. The molecule has 0 aromatic rings. The molecule has 2 N–H and O–H groups in total. The van der Waals surface area contributed by atoms with Gasteiger partial charge in [0.1, 0.15) is 36.5 Å². The van der Waals surface area contributed by atoms with E-state index in [1.807, 2.05) is 6.08 Å². The fraction of sp³-hybridized carbons (Fsp3) is 0.808. The van der Waals surface area contributed by atoms with Gasteiger partial charge in [-0.15, -0.1) is 0 Å². The number of esters is 4. The Kier molecular flexibility index (Phi) is 35.1. The van der Waals surface area contributed by atoms with Gasteiger partial charge in [-0.25, -0.2) is 9.59 Å². The maximum atomic E-state index is 12.3. The smallest absolute Gasteiger partial charge is 0.328 e. The van der Waals surface area contributed by atoms with Crippen LogP contribution in [0.25, 0.3) is 0 Å². The van der Waals surface area contributed by atoms with Crippen LogP contribution in [0.1, 0.15) is 221 Å². The number of unbranched alkanes of at least 4 members (excludes halogenated alkanes) is 17. The molecule has 2 saturated heterocycles. The highest BCUT2D eigenvalue weighted by Crippen LogP contribution is 2.34. The fourth-order valence-electron chi connectivity index (χ4n) is 8.05. The van der Waals surface area contributed by atoms with Crippen molar-refractivity contribution in [3.05, 3.63) is 24.3 Å². The highest BCUT2D eigenvalue weighted by atomic mass is 16.6. The number of carbonyl (C=O) groups is 6. The Morgan fingerprint density at radius 1 is 0.547 bits per heavy atom. The average molecular weight is 903 g/mol. The van der Waals surface area contributed by atoms with Crippen molar-refractivity contribution >= 4 is 36.7 Å². The van der Waals surface area contributed by atoms with Crippen molar-refractivity contribution in [1.82, 2.24) is 10.6 Å². The van der Waals surface area contributed by atoms with Crippen LogP contribution in [-0.2, 0) is 47.7 Å². The van der Waals surface area contributed by atoms with Crippen LogP contribution in [-0.4, -0.2) is 73.2 Å². The summed E-state index contributed by atoms with van der Waals surface area (Å²) in [5.41, 5.74) is 0. The lowest BCUT2D eigenvalue weighted by atomic mass is 9.86. The molecular formula is C52H90N2O10. The Labute approximate surface area is 387 Å². The van der Waals surface area contributed by atoms with E-state index < -0.39 is 24.0 Å². The molecular weight excluding hydrogens is 813 g/mol. The normalized spacial score (nSPS) is 19.8. The Balaban J connectivity index is 0.000000640. The predicted molar refractivity (Wildman–Crippen MR) is 254 cm³/mol. The number of amides is 2. The van der Waals surface area contributed by atoms with Gasteiger partial charge in [-0.1, -0.05) is 168 Å². The summed E-state index contributed by atoms with van der Waals surface area (Å²) in [6.45, 7) is 12.0. The molecule has 2 aliphatic heterocycles. The van der Waals surface area contributed by atoms with Crippen molar-refractivity contribution in [2.24, 2.45) is 11.8 Å². The van der Waals surface area contributed by atoms with Crippen molar-refractivity contribution in [2.45, 2.75) is 258 Å². The van der Waals surface area contributed by atoms with Crippen molar-refractivity contribution in [3.63, 3.8) is 0 Å². The fourth-order valence-corrected chi connectivity index (χ4v) is 8.05. The molecule has 64 heavy (non-hydrogen) atoms. The van der Waals surface area contributed by atoms with E-state index >= 15 is 0 Å². The summed E-state index contributed by atoms with van der Waals surface area (Å²) in [6.07, 6.45) is 38.3. The van der Waals surface area contributed by atoms with E-state index in [9.17, 15) is 28.8 Å². The maximum Gasteiger partial charge on any atom is 0.328 e. The first-order valence-electron chi connectivity index (χ1n) is 25.6. The monoisotopic (exact) mass is 903 g/mol. The third-order valence-corrected chi connectivity index (χ3v) is 12.3. The minimum Gasteiger partial charge on any atom is -0.461 e. The van der Waals surface area contributed by atoms with Crippen LogP contribution in [0.4, 0.5) is 0 Å². The first-order valence-corrected chi connectivity index (χ1v) is 25.6. The van der Waals surface area contributed by atoms with Crippen LogP contribution in [0.5, 0.6) is 0 Å². The summed E-state index contributed by atoms with van der Waals surface area (Å²) in [6, 6.07) is -1.38. The average Bonchev–Trinajstić information content (AvgIpc) is 3.27. The number of ether oxygens (including phenoxy) is 4. The number of rotatable bonds is 40. The summed E-state index contributed by atoms with van der Waals surface area (Å²) < 4.78 is 22.2. The molecule has 12 nitrogen and oxygen atoms in total. The van der Waals surface area contributed by atoms with E-state index in [0.717, 1.165) is 77.0 Å². The van der Waals surface area contributed by atoms with Gasteiger partial charge in [0.05, 0.1) is 11.8 Å². The summed E-state index contributed by atoms with van der Waals surface area (Å²) in [5, 5.41) is 4.88. The molecule has 0 spiro atoms. The van der Waals surface area contributed by atoms with E-state index in [1.54, 1.807) is 13.8 Å². The van der Waals surface area contributed by atoms with Crippen molar-refractivity contribution in [1.29, 1.82) is 0 Å². The molecule has 2 aliphatic rings. The van der Waals surface area contributed by atoms with Gasteiger partial charge in [0, 0.05) is 19.3 Å². The van der Waals surface area contributed by atoms with Crippen LogP contribution in [0.15, 0.2) is 24.3 Å². The number of hydrogen-bond donors (Lipinski definition) is 2. The number of carbonyl (C=O) groups excluding carboxylic acids is 6. The molecule has 0 radical (unpaired) electrons. The van der Waals surface area contributed by atoms with Crippen LogP contribution in [0, 0.1) is 11.8 Å². The van der Waals surface area contributed by atoms with E-state index in [0.29, 0.717) is 32.1 Å². The summed E-state index contributed by atoms with van der Waals surface area (Å²) in [5.74, 6) is -1.33. The third-order valence-electron chi connectivity index (χ3n) is 12.3. The second kappa shape index (κ2) is 38.6. The predicted octanol–water partition coefficient (Wildman–Crippen LogP) is 11.3. The highest BCUT2D eigenvalue weighted by molar-refractivity contribution is 5.80. The molecule has 2 rings (SSSR count). The second-order valence-electron chi connectivity index (χ2n) is 18.0. The summed E-state index contributed by atoms with van der Waals surface area (Å²) in [7, 11) is 0. The molecule has 0 aromatic carbocycles. The summed E-state index contributed by atoms with van der Waals surface area (Å²) >= 11 is 0. The van der Waals surface area contributed by atoms with Gasteiger partial charge < -0.3 is 29.6 Å². The molecule has 12 heteroatoms. The van der Waals surface area contributed by atoms with Crippen LogP contribution >= 0.6 is 0 Å². The van der Waals surface area contributed by atoms with Gasteiger partial charge >= 0.3 is 23.9 Å². The SMILES string of the molecule is CCCCC/C=C\C/C=C\C[C@@H](C[C@@H]1OC(=O)[C@H]1CCCCCC)OC(=O)[C@H](C)NC=O.CCCCCCCCCCC[C@@H](C[C@@H]1OC(=O)[C@H]1CCCCCC)OC(=O)[C@H](C)NC=O. The quantitative estimate of drug-likeness (QED) is 0.0199. The van der Waals surface area contributed by atoms with E-state index in [4.69, 9.17) is 18.9 Å². The van der Waals surface area contributed by atoms with Gasteiger partial charge in [-0.3, -0.25) is 19.2 Å². The van der Waals surface area contributed by atoms with Crippen LogP contribution in [0.2, 0.25) is 0 Å². The molecule has 0 aromatic heterocycles. The second-order valence-corrected chi connectivity index (χ2v) is 18.0. The minimum atomic E-state index is -0.709. The van der Waals surface area contributed by atoms with Gasteiger partial charge in [-0.05, 0) is 58.8 Å². The van der Waals surface area contributed by atoms with Gasteiger partial charge in [0.2, 0.25) is 12.8 Å². The zero-order valence-corrected chi connectivity index (χ0v) is 41.0. The molecule has 0 bridgehead atoms. The molecule has 0 saturated carbocycles. The van der Waals surface area contributed by atoms with Gasteiger partial charge in [-0.2, -0.15) is 0 Å². The molecule has 2 amide bonds. The number of nitrogens with one attached hydrogen (secondary N) is 2. The molecule has 8 atom stereocenters. The molecule has 2 fully saturated rings. The third kappa shape index (κ3) is 26.9. The molecule has 368 valence electrons. The lowest BCUT2D eigenvalue weighted by Gasteiger charge is -2.37. The van der Waals surface area contributed by atoms with E-state index in [2.05, 4.69) is 56.6 Å². The van der Waals surface area contributed by atoms with E-state index in [-0.39, 0.29) is 48.2 Å². The number of cyclic esters (lactones) is 2. The van der Waals surface area contributed by atoms with Gasteiger partial charge in [0.15, 0.2) is 0 Å². The van der Waals surface area contributed by atoms with Crippen LogP contribution in [0.3, 0.4) is 0 Å². The zero-order valence-electron chi connectivity index (χ0n) is 41.0. The van der Waals surface area contributed by atoms with Crippen molar-refractivity contribution in [2.75, 3.05) is 0 Å². The number of hydrogen-bond acceptors (Lipinski definition) is 10. The maximum absolute atomic E-state index is 12.3. The number of allylic oxidation sites excluding steroid dienone is 3. The minimum absolute atomic E-state index is 0.0679. The standard InChI is InChI=1S/C26H47NO5.C26H43NO5/c2*1-4-6-8-10-11-12-13-14-15-17-22(31-25(29)21(3)27-20-28)19-24-23(26(30)32-24)18-16-9-7-5-2/h20-24H,4-19H2,1-3H3,(H,27,28);11-12,14-15,20-24H,4-10,13,16-19H2,1-3H3,(H,27,28)/b;12-11-,15-14-/t2*21-,22-,23-,24-/m00/s1. The molecule has 2 heterocycles. The topological polar surface area (TPSA) is 163 Å². The lowest BCUT2D eigenvalue weighted by molar-refractivity contribution is -0.191. The Morgan fingerprint density at radius 3 is 1.42 bits per heavy atom. The molecule has 0 unspecified atom stereocenters. The highest BCUT2D eigenvalue weighted by Gasteiger charge is 2.44. The Bertz CT molecular complexity index is 1320. The van der Waals surface area contributed by atoms with Gasteiger partial charge in [0.25, 0.3) is 0 Å². The van der Waals surface area contributed by atoms with Crippen LogP contribution < -0.4 is 10.6 Å². The zero-order chi connectivity index (χ0) is 47.2. The largest absolute Gasteiger partial charge is 0.461 e. The Morgan fingerprint density at radius 2 is 0.953 bits per heavy atom. The first-order chi connectivity index (χ1) is 31.1. The van der Waals surface area contributed by atoms with Crippen molar-refractivity contribution < 1.29 is 47.7 Å².